The third-order valence-corrected chi connectivity index (χ3v) is 3.67. The van der Waals surface area contributed by atoms with Crippen LogP contribution in [0.1, 0.15) is 29.4 Å². The Bertz CT molecular complexity index is 696. The Hall–Kier alpha value is -2.67. The standard InChI is InChI=1S/C18H25N3O.C2H2/c1-6-7-17-14(3)15(12-19-17)8-9-22-18-11-16(21(4)5)10-13(2)20-18;1-2/h6-7,10-12,19H,8-9H2,1-5H3;1-2H/b7-6-;. The monoisotopic (exact) mass is 325 g/mol. The number of terminal acetylenes is 1. The number of rotatable bonds is 6. The Morgan fingerprint density at radius 3 is 2.58 bits per heavy atom. The number of nitrogens with one attached hydrogen (secondary N) is 1. The van der Waals surface area contributed by atoms with Crippen LogP contribution >= 0.6 is 0 Å². The van der Waals surface area contributed by atoms with Gasteiger partial charge in [0.25, 0.3) is 0 Å². The van der Waals surface area contributed by atoms with Gasteiger partial charge in [-0.3, -0.25) is 0 Å². The Kier molecular flexibility index (Phi) is 7.64. The summed E-state index contributed by atoms with van der Waals surface area (Å²) in [6.07, 6.45) is 15.1. The summed E-state index contributed by atoms with van der Waals surface area (Å²) in [4.78, 5) is 9.79. The molecule has 0 aliphatic heterocycles. The molecule has 0 aromatic carbocycles. The van der Waals surface area contributed by atoms with Gasteiger partial charge in [-0.15, -0.1) is 12.8 Å². The van der Waals surface area contributed by atoms with Gasteiger partial charge in [-0.2, -0.15) is 0 Å². The van der Waals surface area contributed by atoms with Crippen LogP contribution in [0.25, 0.3) is 6.08 Å². The maximum Gasteiger partial charge on any atom is 0.215 e. The van der Waals surface area contributed by atoms with E-state index in [9.17, 15) is 0 Å². The predicted molar refractivity (Wildman–Crippen MR) is 103 cm³/mol. The maximum atomic E-state index is 5.84. The molecule has 0 unspecified atom stereocenters. The lowest BCUT2D eigenvalue weighted by molar-refractivity contribution is 0.309. The van der Waals surface area contributed by atoms with Crippen LogP contribution in [0.15, 0.2) is 24.4 Å². The molecule has 2 aromatic heterocycles. The number of pyridine rings is 1. The van der Waals surface area contributed by atoms with E-state index in [4.69, 9.17) is 4.74 Å². The summed E-state index contributed by atoms with van der Waals surface area (Å²) < 4.78 is 5.84. The highest BCUT2D eigenvalue weighted by atomic mass is 16.5. The second-order valence-electron chi connectivity index (χ2n) is 5.65. The van der Waals surface area contributed by atoms with E-state index in [0.29, 0.717) is 12.5 Å². The molecule has 2 aromatic rings. The quantitative estimate of drug-likeness (QED) is 0.816. The Balaban J connectivity index is 0.00000139. The van der Waals surface area contributed by atoms with Crippen molar-refractivity contribution in [2.45, 2.75) is 27.2 Å². The fraction of sp³-hybridized carbons (Fsp3) is 0.350. The average molecular weight is 325 g/mol. The topological polar surface area (TPSA) is 41.1 Å². The molecule has 128 valence electrons. The van der Waals surface area contributed by atoms with E-state index in [0.717, 1.165) is 17.8 Å². The van der Waals surface area contributed by atoms with Crippen LogP contribution in [0.5, 0.6) is 5.88 Å². The minimum absolute atomic E-state index is 0.622. The molecule has 0 aliphatic carbocycles. The van der Waals surface area contributed by atoms with Crippen molar-refractivity contribution in [3.8, 4) is 18.7 Å². The zero-order chi connectivity index (χ0) is 18.1. The number of ether oxygens (including phenoxy) is 1. The van der Waals surface area contributed by atoms with Gasteiger partial charge in [0.15, 0.2) is 0 Å². The van der Waals surface area contributed by atoms with Gasteiger partial charge in [0.2, 0.25) is 5.88 Å². The van der Waals surface area contributed by atoms with E-state index in [1.54, 1.807) is 0 Å². The largest absolute Gasteiger partial charge is 0.477 e. The number of anilines is 1. The van der Waals surface area contributed by atoms with E-state index in [2.05, 4.69) is 46.9 Å². The van der Waals surface area contributed by atoms with Crippen LogP contribution < -0.4 is 9.64 Å². The highest BCUT2D eigenvalue weighted by Gasteiger charge is 2.06. The number of aromatic amines is 1. The van der Waals surface area contributed by atoms with E-state index in [1.165, 1.54) is 16.8 Å². The Labute approximate surface area is 145 Å². The van der Waals surface area contributed by atoms with Crippen molar-refractivity contribution in [2.75, 3.05) is 25.6 Å². The summed E-state index contributed by atoms with van der Waals surface area (Å²) in [5, 5.41) is 0. The molecule has 2 rings (SSSR count). The molecule has 0 atom stereocenters. The van der Waals surface area contributed by atoms with Crippen LogP contribution in [-0.2, 0) is 6.42 Å². The van der Waals surface area contributed by atoms with E-state index in [-0.39, 0.29) is 0 Å². The normalized spacial score (nSPS) is 10.3. The molecule has 0 radical (unpaired) electrons. The second kappa shape index (κ2) is 9.46. The summed E-state index contributed by atoms with van der Waals surface area (Å²) in [5.41, 5.74) is 5.81. The van der Waals surface area contributed by atoms with Crippen molar-refractivity contribution in [1.29, 1.82) is 0 Å². The lowest BCUT2D eigenvalue weighted by atomic mass is 10.1. The minimum Gasteiger partial charge on any atom is -0.477 e. The molecule has 0 bridgehead atoms. The number of aromatic nitrogens is 2. The van der Waals surface area contributed by atoms with Gasteiger partial charge < -0.3 is 14.6 Å². The van der Waals surface area contributed by atoms with Gasteiger partial charge in [-0.05, 0) is 44.0 Å². The average Bonchev–Trinajstić information content (AvgIpc) is 2.90. The van der Waals surface area contributed by atoms with Crippen molar-refractivity contribution in [2.24, 2.45) is 0 Å². The molecular weight excluding hydrogens is 298 g/mol. The first-order valence-corrected chi connectivity index (χ1v) is 7.93. The van der Waals surface area contributed by atoms with E-state index >= 15 is 0 Å². The van der Waals surface area contributed by atoms with Crippen LogP contribution in [0.4, 0.5) is 5.69 Å². The molecule has 0 spiro atoms. The minimum atomic E-state index is 0.622. The first-order chi connectivity index (χ1) is 11.5. The predicted octanol–water partition coefficient (Wildman–Crippen LogP) is 4.00. The summed E-state index contributed by atoms with van der Waals surface area (Å²) in [5.74, 6) is 0.686. The van der Waals surface area contributed by atoms with E-state index in [1.807, 2.05) is 46.2 Å². The number of nitrogens with zero attached hydrogens (tertiary/aromatic N) is 2. The lowest BCUT2D eigenvalue weighted by Gasteiger charge is -2.14. The molecule has 1 N–H and O–H groups in total. The molecular formula is C20H27N3O. The lowest BCUT2D eigenvalue weighted by Crippen LogP contribution is -2.10. The molecule has 0 saturated heterocycles. The fourth-order valence-electron chi connectivity index (χ4n) is 2.37. The zero-order valence-corrected chi connectivity index (χ0v) is 15.3. The summed E-state index contributed by atoms with van der Waals surface area (Å²) in [7, 11) is 4.04. The maximum absolute atomic E-state index is 5.84. The molecule has 2 heterocycles. The number of aryl methyl sites for hydroxylation is 1. The number of allylic oxidation sites excluding steroid dienone is 1. The fourth-order valence-corrected chi connectivity index (χ4v) is 2.37. The van der Waals surface area contributed by atoms with Crippen molar-refractivity contribution in [3.63, 3.8) is 0 Å². The van der Waals surface area contributed by atoms with Gasteiger partial charge in [0, 0.05) is 49.9 Å². The molecule has 0 aliphatic rings. The van der Waals surface area contributed by atoms with Crippen LogP contribution in [-0.4, -0.2) is 30.7 Å². The Morgan fingerprint density at radius 2 is 1.96 bits per heavy atom. The number of hydrogen-bond acceptors (Lipinski definition) is 3. The van der Waals surface area contributed by atoms with Crippen molar-refractivity contribution < 1.29 is 4.74 Å². The SMILES string of the molecule is C#C.C/C=C\c1[nH]cc(CCOc2cc(N(C)C)cc(C)n2)c1C. The van der Waals surface area contributed by atoms with Crippen molar-refractivity contribution in [1.82, 2.24) is 9.97 Å². The smallest absolute Gasteiger partial charge is 0.215 e. The first kappa shape index (κ1) is 19.4. The number of hydrogen-bond donors (Lipinski definition) is 1. The van der Waals surface area contributed by atoms with Gasteiger partial charge in [-0.1, -0.05) is 6.08 Å². The summed E-state index contributed by atoms with van der Waals surface area (Å²) in [6, 6.07) is 4.02. The second-order valence-corrected chi connectivity index (χ2v) is 5.65. The highest BCUT2D eigenvalue weighted by molar-refractivity contribution is 5.52. The third-order valence-electron chi connectivity index (χ3n) is 3.67. The van der Waals surface area contributed by atoms with Crippen molar-refractivity contribution in [3.05, 3.63) is 46.9 Å². The van der Waals surface area contributed by atoms with Crippen LogP contribution in [0.3, 0.4) is 0 Å². The molecule has 0 fully saturated rings. The van der Waals surface area contributed by atoms with Gasteiger partial charge in [0.1, 0.15) is 0 Å². The Morgan fingerprint density at radius 1 is 1.25 bits per heavy atom. The van der Waals surface area contributed by atoms with Gasteiger partial charge in [0.05, 0.1) is 6.61 Å². The number of H-pyrrole nitrogens is 1. The van der Waals surface area contributed by atoms with Gasteiger partial charge in [-0.25, -0.2) is 4.98 Å². The molecule has 0 amide bonds. The third kappa shape index (κ3) is 5.20. The highest BCUT2D eigenvalue weighted by Crippen LogP contribution is 2.20. The van der Waals surface area contributed by atoms with E-state index < -0.39 is 0 Å². The van der Waals surface area contributed by atoms with Gasteiger partial charge >= 0.3 is 0 Å². The van der Waals surface area contributed by atoms with Crippen LogP contribution in [0.2, 0.25) is 0 Å². The van der Waals surface area contributed by atoms with Crippen molar-refractivity contribution >= 4 is 11.8 Å². The molecule has 4 heteroatoms. The first-order valence-electron chi connectivity index (χ1n) is 7.93. The summed E-state index contributed by atoms with van der Waals surface area (Å²) in [6.45, 7) is 6.77. The molecule has 0 saturated carbocycles. The molecule has 24 heavy (non-hydrogen) atoms. The summed E-state index contributed by atoms with van der Waals surface area (Å²) >= 11 is 0. The zero-order valence-electron chi connectivity index (χ0n) is 15.3. The molecule has 4 nitrogen and oxygen atoms in total. The van der Waals surface area contributed by atoms with Crippen LogP contribution in [0, 0.1) is 26.7 Å².